The number of methoxy groups -OCH3 is 2. The number of benzene rings is 3. The SMILES string of the molecule is C=C(/C=C(C(=O)N1c2ccccc2C[C@H]1C1OCCN1C(=O)OCc1ccc(SSC[C@H](NC(=O)[C@H](CC=O)NC(=O)[C@H](CC(=O)O)NC(=O)[C@H](CCCNC(=N)N)NC(=O)[C@H](CC(=O)O)NC(=O)CC[C@H](NC(=O)c2ccc(NCc3cnc4nc(N)[nH]c(=O)c4n3)cc2)C(=O)O)C(=O)O)cc1)\C(N)=C/COC)OC. The molecule has 0 saturated carbocycles. The average Bonchev–Trinajstić information content (AvgIpc) is 1.62. The third-order valence-electron chi connectivity index (χ3n) is 16.6. The number of carboxylic acids is 4. The lowest BCUT2D eigenvalue weighted by Gasteiger charge is -2.34. The van der Waals surface area contributed by atoms with Gasteiger partial charge in [0, 0.05) is 59.8 Å². The van der Waals surface area contributed by atoms with Gasteiger partial charge < -0.3 is 109 Å². The van der Waals surface area contributed by atoms with Crippen molar-refractivity contribution in [3.05, 3.63) is 147 Å². The van der Waals surface area contributed by atoms with Gasteiger partial charge in [0.2, 0.25) is 35.5 Å². The third-order valence-corrected chi connectivity index (χ3v) is 19.0. The molecule has 0 radical (unpaired) electrons. The van der Waals surface area contributed by atoms with E-state index in [2.05, 4.69) is 69.0 Å². The molecule has 8 atom stereocenters. The van der Waals surface area contributed by atoms with Crippen LogP contribution >= 0.6 is 21.6 Å². The monoisotopic (exact) mass is 1580 g/mol. The van der Waals surface area contributed by atoms with Gasteiger partial charge in [0.05, 0.1) is 69.8 Å². The number of ether oxygens (including phenoxy) is 4. The topological polar surface area (TPSA) is 616 Å². The van der Waals surface area contributed by atoms with Crippen LogP contribution in [0.1, 0.15) is 72.1 Å². The fraction of sp³-hybridized carbons (Fsp3) is 0.362. The molecule has 1 saturated heterocycles. The molecular weight excluding hydrogens is 1500 g/mol. The molecule has 42 heteroatoms. The molecule has 1 unspecified atom stereocenters. The number of nitrogens with zero attached hydrogens (tertiary/aromatic N) is 5. The first-order valence-electron chi connectivity index (χ1n) is 33.8. The zero-order chi connectivity index (χ0) is 81.0. The Morgan fingerprint density at radius 3 is 2.08 bits per heavy atom. The van der Waals surface area contributed by atoms with Crippen molar-refractivity contribution in [3.63, 3.8) is 0 Å². The van der Waals surface area contributed by atoms with Crippen molar-refractivity contribution in [3.8, 4) is 0 Å². The Balaban J connectivity index is 0.911. The minimum Gasteiger partial charge on any atom is -0.497 e. The highest BCUT2D eigenvalue weighted by Gasteiger charge is 2.47. The number of carbonyl (C=O) groups is 13. The van der Waals surface area contributed by atoms with E-state index in [0.29, 0.717) is 33.9 Å². The molecule has 0 bridgehead atoms. The molecule has 111 heavy (non-hydrogen) atoms. The van der Waals surface area contributed by atoms with Gasteiger partial charge in [-0.3, -0.25) is 63.2 Å². The number of aldehydes is 1. The second kappa shape index (κ2) is 41.6. The summed E-state index contributed by atoms with van der Waals surface area (Å²) in [5, 5.41) is 66.0. The van der Waals surface area contributed by atoms with Gasteiger partial charge in [-0.15, -0.1) is 0 Å². The van der Waals surface area contributed by atoms with E-state index in [1.54, 1.807) is 36.4 Å². The van der Waals surface area contributed by atoms with Crippen molar-refractivity contribution in [2.45, 2.75) is 118 Å². The molecule has 0 aliphatic carbocycles. The maximum atomic E-state index is 14.5. The number of hydrogen-bond acceptors (Lipinski definition) is 27. The van der Waals surface area contributed by atoms with Gasteiger partial charge in [-0.1, -0.05) is 58.5 Å². The Labute approximate surface area is 639 Å². The van der Waals surface area contributed by atoms with Crippen molar-refractivity contribution < 1.29 is 102 Å². The summed E-state index contributed by atoms with van der Waals surface area (Å²) in [6.45, 7) is 3.98. The number of nitrogen functional groups attached to an aromatic ring is 1. The molecule has 3 aromatic carbocycles. The summed E-state index contributed by atoms with van der Waals surface area (Å²) in [6.07, 6.45) is -1.82. The maximum absolute atomic E-state index is 14.5. The number of guanidine groups is 1. The van der Waals surface area contributed by atoms with E-state index in [-0.39, 0.29) is 97.6 Å². The summed E-state index contributed by atoms with van der Waals surface area (Å²) in [5.41, 5.74) is 19.7. The molecule has 5 aromatic rings. The summed E-state index contributed by atoms with van der Waals surface area (Å²) in [6, 6.07) is 7.65. The first kappa shape index (κ1) is 85.5. The van der Waals surface area contributed by atoms with E-state index in [1.165, 1.54) is 66.6 Å². The molecule has 592 valence electrons. The predicted octanol–water partition coefficient (Wildman–Crippen LogP) is -0.550. The molecule has 2 aliphatic heterocycles. The number of carbonyl (C=O) groups excluding carboxylic acids is 9. The number of fused-ring (bicyclic) bond motifs is 2. The summed E-state index contributed by atoms with van der Waals surface area (Å²) < 4.78 is 22.3. The zero-order valence-corrected chi connectivity index (χ0v) is 61.2. The highest BCUT2D eigenvalue weighted by molar-refractivity contribution is 8.76. The van der Waals surface area contributed by atoms with Crippen molar-refractivity contribution in [1.29, 1.82) is 5.41 Å². The molecular formula is C69H82N18O22S2. The number of allylic oxidation sites excluding steroid dienone is 1. The second-order valence-electron chi connectivity index (χ2n) is 24.5. The van der Waals surface area contributed by atoms with Crippen LogP contribution in [0.25, 0.3) is 11.2 Å². The number of aliphatic carboxylic acids is 4. The highest BCUT2D eigenvalue weighted by Crippen LogP contribution is 2.38. The Kier molecular flexibility index (Phi) is 32.1. The summed E-state index contributed by atoms with van der Waals surface area (Å²) >= 11 is 0. The maximum Gasteiger partial charge on any atom is 0.412 e. The van der Waals surface area contributed by atoms with Crippen molar-refractivity contribution in [1.82, 2.24) is 62.1 Å². The number of aromatic amines is 1. The van der Waals surface area contributed by atoms with Crippen LogP contribution in [0.2, 0.25) is 0 Å². The van der Waals surface area contributed by atoms with Gasteiger partial charge >= 0.3 is 30.0 Å². The molecule has 0 spiro atoms. The number of nitrogens with one attached hydrogen (secondary N) is 10. The fourth-order valence-corrected chi connectivity index (χ4v) is 13.2. The van der Waals surface area contributed by atoms with Crippen molar-refractivity contribution >= 4 is 134 Å². The lowest BCUT2D eigenvalue weighted by atomic mass is 10.1. The number of aromatic nitrogens is 4. The number of para-hydroxylation sites is 1. The summed E-state index contributed by atoms with van der Waals surface area (Å²) in [4.78, 5) is 202. The minimum absolute atomic E-state index is 0.0126. The molecule has 8 amide bonds. The summed E-state index contributed by atoms with van der Waals surface area (Å²) in [5.74, 6) is -15.0. The van der Waals surface area contributed by atoms with Gasteiger partial charge in [-0.05, 0) is 91.4 Å². The Morgan fingerprint density at radius 2 is 1.43 bits per heavy atom. The molecule has 40 nitrogen and oxygen atoms in total. The van der Waals surface area contributed by atoms with E-state index < -0.39 is 170 Å². The second-order valence-corrected chi connectivity index (χ2v) is 27.0. The van der Waals surface area contributed by atoms with E-state index in [4.69, 9.17) is 41.6 Å². The smallest absolute Gasteiger partial charge is 0.412 e. The van der Waals surface area contributed by atoms with Crippen molar-refractivity contribution in [2.24, 2.45) is 11.5 Å². The Hall–Kier alpha value is -12.7. The molecule has 2 aromatic heterocycles. The number of nitrogens with two attached hydrogens (primary N) is 3. The third kappa shape index (κ3) is 25.5. The Bertz CT molecular complexity index is 4430. The molecule has 2 aliphatic rings. The quantitative estimate of drug-likeness (QED) is 0.00341. The first-order chi connectivity index (χ1) is 53.0. The van der Waals surface area contributed by atoms with Crippen LogP contribution in [-0.2, 0) is 91.3 Å². The standard InChI is InChI=1S/C69H82N18O22S2/c1-35(107-3)27-42(43(70)21-25-106-2)63(100)87-50-9-5-4-7-38(50)28-51(87)64-86(23-26-108-64)69(105)109-33-36-10-16-41(17-11-36)111-110-34-49(66(103)104)83-59(96)45(20-24-88)80-61(98)48(30-54(92)93)82-58(95)44(8-6-22-74-67(71)72)79-60(97)47(29-53(90)91)78-52(89)19-18-46(65(101)102)81-57(94)37-12-14-39(15-13-37)75-31-40-32-76-56-55(77-40)62(99)85-68(73)84-56/h4-5,7,9-17,21,24,27,32,44-49,51,64,75H,1,6,8,18-20,22-23,25-26,28-31,33-34,70H2,2-3H3,(H,78,89)(H,79,97)(H,80,98)(H,81,94)(H,82,95)(H,83,96)(H,90,91)(H,92,93)(H,101,102)(H,103,104)(H4,71,72,74)(H3,73,76,84,85,99)/b42-27+,43-21+/t44-,45-,46-,47-,48-,49-,51-,64?/m0/s1. The van der Waals surface area contributed by atoms with Gasteiger partial charge in [-0.2, -0.15) is 4.98 Å². The van der Waals surface area contributed by atoms with Gasteiger partial charge in [0.15, 0.2) is 23.4 Å². The molecule has 4 heterocycles. The van der Waals surface area contributed by atoms with Crippen LogP contribution in [0.5, 0.6) is 0 Å². The fourth-order valence-electron chi connectivity index (χ4n) is 11.0. The number of amides is 8. The van der Waals surface area contributed by atoms with Crippen LogP contribution in [0.3, 0.4) is 0 Å². The number of hydrogen-bond donors (Lipinski definition) is 17. The van der Waals surface area contributed by atoms with Crippen LogP contribution in [0.4, 0.5) is 22.1 Å². The zero-order valence-electron chi connectivity index (χ0n) is 59.6. The van der Waals surface area contributed by atoms with E-state index in [9.17, 15) is 87.5 Å². The van der Waals surface area contributed by atoms with Crippen LogP contribution in [0, 0.1) is 5.41 Å². The van der Waals surface area contributed by atoms with Gasteiger partial charge in [-0.25, -0.2) is 24.4 Å². The predicted molar refractivity (Wildman–Crippen MR) is 397 cm³/mol. The van der Waals surface area contributed by atoms with Gasteiger partial charge in [0.25, 0.3) is 17.4 Å². The van der Waals surface area contributed by atoms with E-state index in [0.717, 1.165) is 27.2 Å². The highest BCUT2D eigenvalue weighted by atomic mass is 33.1. The molecule has 20 N–H and O–H groups in total. The number of H-pyrrole nitrogens is 1. The normalized spacial score (nSPS) is 15.5. The number of anilines is 3. The minimum atomic E-state index is -2.10. The van der Waals surface area contributed by atoms with Crippen molar-refractivity contribution in [2.75, 3.05) is 62.2 Å². The van der Waals surface area contributed by atoms with Gasteiger partial charge in [0.1, 0.15) is 54.9 Å². The largest absolute Gasteiger partial charge is 0.497 e. The average molecular weight is 1580 g/mol. The lowest BCUT2D eigenvalue weighted by Crippen LogP contribution is -2.59. The lowest BCUT2D eigenvalue weighted by molar-refractivity contribution is -0.143. The number of carboxylic acid groups (broad SMARTS) is 4. The molecule has 1 fully saturated rings. The molecule has 7 rings (SSSR count). The van der Waals surface area contributed by atoms with Crippen LogP contribution in [0.15, 0.2) is 124 Å². The number of rotatable bonds is 42. The van der Waals surface area contributed by atoms with E-state index in [1.807, 2.05) is 12.1 Å². The first-order valence-corrected chi connectivity index (χ1v) is 36.1. The Morgan fingerprint density at radius 1 is 0.793 bits per heavy atom. The van der Waals surface area contributed by atoms with E-state index >= 15 is 0 Å². The van der Waals surface area contributed by atoms with Crippen LogP contribution < -0.4 is 70.2 Å². The van der Waals surface area contributed by atoms with Crippen LogP contribution in [-0.4, -0.2) is 224 Å². The summed E-state index contributed by atoms with van der Waals surface area (Å²) in [7, 11) is 4.94.